The van der Waals surface area contributed by atoms with E-state index < -0.39 is 6.03 Å². The summed E-state index contributed by atoms with van der Waals surface area (Å²) in [4.78, 5) is 26.7. The van der Waals surface area contributed by atoms with Crippen molar-refractivity contribution in [2.45, 2.75) is 26.3 Å². The normalized spacial score (nSPS) is 11.5. The number of rotatable bonds is 5. The summed E-state index contributed by atoms with van der Waals surface area (Å²) in [7, 11) is 0. The van der Waals surface area contributed by atoms with Gasteiger partial charge in [0.2, 0.25) is 0 Å². The number of nitrogens with one attached hydrogen (secondary N) is 2. The van der Waals surface area contributed by atoms with Crippen molar-refractivity contribution >= 4 is 29.3 Å². The fourth-order valence-corrected chi connectivity index (χ4v) is 1.55. The number of aromatic nitrogens is 1. The van der Waals surface area contributed by atoms with Crippen LogP contribution in [0.15, 0.2) is 18.3 Å². The first-order chi connectivity index (χ1) is 9.02. The minimum atomic E-state index is -0.452. The number of halogens is 1. The first-order valence-electron chi connectivity index (χ1n) is 5.86. The SMILES string of the molecule is CCOC(=O)CC(C)NC(=O)Nc1cccnc1Cl. The number of hydrogen-bond acceptors (Lipinski definition) is 4. The van der Waals surface area contributed by atoms with Crippen molar-refractivity contribution in [2.75, 3.05) is 11.9 Å². The highest BCUT2D eigenvalue weighted by molar-refractivity contribution is 6.32. The molecule has 0 fully saturated rings. The molecule has 1 aromatic rings. The van der Waals surface area contributed by atoms with Gasteiger partial charge >= 0.3 is 12.0 Å². The molecule has 0 saturated heterocycles. The molecule has 0 aromatic carbocycles. The van der Waals surface area contributed by atoms with E-state index in [9.17, 15) is 9.59 Å². The molecule has 0 aliphatic carbocycles. The maximum Gasteiger partial charge on any atom is 0.319 e. The Labute approximate surface area is 116 Å². The van der Waals surface area contributed by atoms with Crippen LogP contribution in [0.4, 0.5) is 10.5 Å². The Morgan fingerprint density at radius 1 is 1.53 bits per heavy atom. The largest absolute Gasteiger partial charge is 0.466 e. The summed E-state index contributed by atoms with van der Waals surface area (Å²) in [6.07, 6.45) is 1.64. The molecule has 0 saturated carbocycles. The van der Waals surface area contributed by atoms with E-state index in [1.807, 2.05) is 0 Å². The second-order valence-corrected chi connectivity index (χ2v) is 4.21. The van der Waals surface area contributed by atoms with Gasteiger partial charge in [0.05, 0.1) is 18.7 Å². The standard InChI is InChI=1S/C12H16ClN3O3/c1-3-19-10(17)7-8(2)15-12(18)16-9-5-4-6-14-11(9)13/h4-6,8H,3,7H2,1-2H3,(H2,15,16,18). The zero-order valence-corrected chi connectivity index (χ0v) is 11.5. The van der Waals surface area contributed by atoms with Crippen LogP contribution in [0.1, 0.15) is 20.3 Å². The third-order valence-electron chi connectivity index (χ3n) is 2.16. The van der Waals surface area contributed by atoms with Crippen molar-refractivity contribution in [2.24, 2.45) is 0 Å². The molecule has 1 unspecified atom stereocenters. The molecule has 1 rings (SSSR count). The van der Waals surface area contributed by atoms with Crippen LogP contribution in [0.5, 0.6) is 0 Å². The average Bonchev–Trinajstić information content (AvgIpc) is 2.31. The molecule has 0 spiro atoms. The molecule has 1 heterocycles. The summed E-state index contributed by atoms with van der Waals surface area (Å²) in [5, 5.41) is 5.36. The minimum Gasteiger partial charge on any atom is -0.466 e. The number of amides is 2. The van der Waals surface area contributed by atoms with Gasteiger partial charge in [-0.2, -0.15) is 0 Å². The molecule has 1 aromatic heterocycles. The lowest BCUT2D eigenvalue weighted by Crippen LogP contribution is -2.37. The Hall–Kier alpha value is -1.82. The lowest BCUT2D eigenvalue weighted by Gasteiger charge is -2.14. The summed E-state index contributed by atoms with van der Waals surface area (Å²) in [5.41, 5.74) is 0.407. The summed E-state index contributed by atoms with van der Waals surface area (Å²) < 4.78 is 4.79. The van der Waals surface area contributed by atoms with Crippen LogP contribution < -0.4 is 10.6 Å². The predicted molar refractivity (Wildman–Crippen MR) is 72.1 cm³/mol. The molecule has 19 heavy (non-hydrogen) atoms. The molecular weight excluding hydrogens is 270 g/mol. The number of nitrogens with zero attached hydrogens (tertiary/aromatic N) is 1. The van der Waals surface area contributed by atoms with Gasteiger partial charge in [0.1, 0.15) is 0 Å². The number of pyridine rings is 1. The molecule has 0 radical (unpaired) electrons. The number of ether oxygens (including phenoxy) is 1. The molecule has 2 amide bonds. The second kappa shape index (κ2) is 7.58. The number of esters is 1. The van der Waals surface area contributed by atoms with E-state index in [0.717, 1.165) is 0 Å². The topological polar surface area (TPSA) is 80.3 Å². The van der Waals surface area contributed by atoms with Gasteiger partial charge in [-0.05, 0) is 26.0 Å². The van der Waals surface area contributed by atoms with Crippen molar-refractivity contribution in [3.63, 3.8) is 0 Å². The lowest BCUT2D eigenvalue weighted by atomic mass is 10.2. The van der Waals surface area contributed by atoms with E-state index >= 15 is 0 Å². The monoisotopic (exact) mass is 285 g/mol. The maximum atomic E-state index is 11.7. The predicted octanol–water partition coefficient (Wildman–Crippen LogP) is 2.20. The fraction of sp³-hybridized carbons (Fsp3) is 0.417. The van der Waals surface area contributed by atoms with Gasteiger partial charge in [0.15, 0.2) is 5.15 Å². The third-order valence-corrected chi connectivity index (χ3v) is 2.46. The van der Waals surface area contributed by atoms with E-state index in [0.29, 0.717) is 12.3 Å². The van der Waals surface area contributed by atoms with E-state index in [2.05, 4.69) is 15.6 Å². The molecule has 2 N–H and O–H groups in total. The molecule has 0 aliphatic heterocycles. The number of carbonyl (C=O) groups is 2. The summed E-state index contributed by atoms with van der Waals surface area (Å²) in [5.74, 6) is -0.352. The van der Waals surface area contributed by atoms with Crippen LogP contribution in [0.3, 0.4) is 0 Å². The summed E-state index contributed by atoms with van der Waals surface area (Å²) >= 11 is 5.80. The zero-order chi connectivity index (χ0) is 14.3. The Balaban J connectivity index is 2.43. The van der Waals surface area contributed by atoms with Gasteiger partial charge < -0.3 is 15.4 Å². The highest BCUT2D eigenvalue weighted by atomic mass is 35.5. The zero-order valence-electron chi connectivity index (χ0n) is 10.8. The first-order valence-corrected chi connectivity index (χ1v) is 6.24. The summed E-state index contributed by atoms with van der Waals surface area (Å²) in [6, 6.07) is 2.50. The van der Waals surface area contributed by atoms with Crippen molar-refractivity contribution in [1.29, 1.82) is 0 Å². The highest BCUT2D eigenvalue weighted by Crippen LogP contribution is 2.17. The third kappa shape index (κ3) is 5.56. The van der Waals surface area contributed by atoms with Crippen LogP contribution in [0.25, 0.3) is 0 Å². The molecule has 0 aliphatic rings. The van der Waals surface area contributed by atoms with Gasteiger partial charge in [0, 0.05) is 12.2 Å². The van der Waals surface area contributed by atoms with Gasteiger partial charge in [-0.25, -0.2) is 9.78 Å². The molecule has 104 valence electrons. The molecule has 0 bridgehead atoms. The number of anilines is 1. The van der Waals surface area contributed by atoms with E-state index in [4.69, 9.17) is 16.3 Å². The van der Waals surface area contributed by atoms with Crippen molar-refractivity contribution in [3.8, 4) is 0 Å². The average molecular weight is 286 g/mol. The van der Waals surface area contributed by atoms with E-state index in [1.54, 1.807) is 26.0 Å². The number of hydrogen-bond donors (Lipinski definition) is 2. The van der Waals surface area contributed by atoms with Gasteiger partial charge in [0.25, 0.3) is 0 Å². The Bertz CT molecular complexity index is 454. The fourth-order valence-electron chi connectivity index (χ4n) is 1.38. The quantitative estimate of drug-likeness (QED) is 0.642. The smallest absolute Gasteiger partial charge is 0.319 e. The second-order valence-electron chi connectivity index (χ2n) is 3.85. The van der Waals surface area contributed by atoms with Gasteiger partial charge in [-0.3, -0.25) is 4.79 Å². The lowest BCUT2D eigenvalue weighted by molar-refractivity contribution is -0.143. The molecule has 7 heteroatoms. The Morgan fingerprint density at radius 3 is 2.89 bits per heavy atom. The van der Waals surface area contributed by atoms with E-state index in [1.165, 1.54) is 6.20 Å². The number of carbonyl (C=O) groups excluding carboxylic acids is 2. The first kappa shape index (κ1) is 15.2. The van der Waals surface area contributed by atoms with E-state index in [-0.39, 0.29) is 23.6 Å². The minimum absolute atomic E-state index is 0.113. The number of urea groups is 1. The molecule has 1 atom stereocenters. The van der Waals surface area contributed by atoms with Crippen LogP contribution in [-0.2, 0) is 9.53 Å². The molecule has 6 nitrogen and oxygen atoms in total. The van der Waals surface area contributed by atoms with Crippen molar-refractivity contribution in [1.82, 2.24) is 10.3 Å². The van der Waals surface area contributed by atoms with Crippen molar-refractivity contribution in [3.05, 3.63) is 23.5 Å². The van der Waals surface area contributed by atoms with Crippen molar-refractivity contribution < 1.29 is 14.3 Å². The van der Waals surface area contributed by atoms with Crippen LogP contribution in [-0.4, -0.2) is 29.6 Å². The Kier molecular flexibility index (Phi) is 6.08. The van der Waals surface area contributed by atoms with Crippen LogP contribution in [0, 0.1) is 0 Å². The Morgan fingerprint density at radius 2 is 2.26 bits per heavy atom. The summed E-state index contributed by atoms with van der Waals surface area (Å²) in [6.45, 7) is 3.76. The van der Waals surface area contributed by atoms with Gasteiger partial charge in [-0.15, -0.1) is 0 Å². The maximum absolute atomic E-state index is 11.7. The highest BCUT2D eigenvalue weighted by Gasteiger charge is 2.13. The van der Waals surface area contributed by atoms with Crippen LogP contribution >= 0.6 is 11.6 Å². The molecular formula is C12H16ClN3O3. The van der Waals surface area contributed by atoms with Crippen LogP contribution in [0.2, 0.25) is 5.15 Å². The van der Waals surface area contributed by atoms with Gasteiger partial charge in [-0.1, -0.05) is 11.6 Å².